The van der Waals surface area contributed by atoms with Crippen LogP contribution in [0.3, 0.4) is 0 Å². The normalized spacial score (nSPS) is 26.9. The molecule has 0 radical (unpaired) electrons. The number of piperidine rings is 1. The number of rotatable bonds is 3. The third kappa shape index (κ3) is 2.46. The van der Waals surface area contributed by atoms with Crippen LogP contribution in [0.25, 0.3) is 0 Å². The van der Waals surface area contributed by atoms with Crippen molar-refractivity contribution in [2.24, 2.45) is 0 Å². The van der Waals surface area contributed by atoms with Crippen LogP contribution in [0.2, 0.25) is 0 Å². The number of nitrogens with zero attached hydrogens (tertiary/aromatic N) is 2. The smallest absolute Gasteiger partial charge is 0.252 e. The molecule has 0 unspecified atom stereocenters. The van der Waals surface area contributed by atoms with Crippen molar-refractivity contribution >= 4 is 17.3 Å². The highest BCUT2D eigenvalue weighted by Crippen LogP contribution is 2.58. The molecule has 0 aliphatic carbocycles. The van der Waals surface area contributed by atoms with Gasteiger partial charge in [-0.05, 0) is 63.1 Å². The second-order valence-corrected chi connectivity index (χ2v) is 9.21. The number of amides is 1. The number of hydrogen-bond acceptors (Lipinski definition) is 4. The second-order valence-electron chi connectivity index (χ2n) is 9.21. The lowest BCUT2D eigenvalue weighted by atomic mass is 9.77. The Hall–Kier alpha value is -2.53. The minimum absolute atomic E-state index is 0.0327. The van der Waals surface area contributed by atoms with E-state index >= 15 is 0 Å². The summed E-state index contributed by atoms with van der Waals surface area (Å²) < 4.78 is 5.28. The van der Waals surface area contributed by atoms with Gasteiger partial charge < -0.3 is 19.9 Å². The van der Waals surface area contributed by atoms with E-state index in [1.165, 1.54) is 11.3 Å². The first kappa shape index (κ1) is 18.5. The minimum atomic E-state index is -0.587. The molecule has 152 valence electrons. The first-order valence-electron chi connectivity index (χ1n) is 10.5. The summed E-state index contributed by atoms with van der Waals surface area (Å²) in [5, 5.41) is 3.57. The fourth-order valence-corrected chi connectivity index (χ4v) is 5.77. The lowest BCUT2D eigenvalue weighted by Crippen LogP contribution is -2.67. The number of hydrogen-bond donors (Lipinski definition) is 1. The third-order valence-corrected chi connectivity index (χ3v) is 7.18. The van der Waals surface area contributed by atoms with Crippen LogP contribution >= 0.6 is 0 Å². The maximum absolute atomic E-state index is 13.8. The molecule has 1 amide bonds. The summed E-state index contributed by atoms with van der Waals surface area (Å²) in [7, 11) is 1.67. The Labute approximate surface area is 172 Å². The zero-order chi connectivity index (χ0) is 20.4. The summed E-state index contributed by atoms with van der Waals surface area (Å²) in [4.78, 5) is 18.2. The fourth-order valence-electron chi connectivity index (χ4n) is 5.77. The van der Waals surface area contributed by atoms with Gasteiger partial charge in [0.15, 0.2) is 0 Å². The van der Waals surface area contributed by atoms with Crippen molar-refractivity contribution in [3.8, 4) is 5.75 Å². The van der Waals surface area contributed by atoms with Crippen molar-refractivity contribution < 1.29 is 9.53 Å². The molecule has 1 fully saturated rings. The molecule has 5 nitrogen and oxygen atoms in total. The zero-order valence-electron chi connectivity index (χ0n) is 17.7. The number of methoxy groups -OCH3 is 1. The van der Waals surface area contributed by atoms with Crippen molar-refractivity contribution in [2.75, 3.05) is 30.0 Å². The van der Waals surface area contributed by atoms with Gasteiger partial charge in [-0.2, -0.15) is 0 Å². The number of benzene rings is 2. The third-order valence-electron chi connectivity index (χ3n) is 7.18. The molecule has 3 aliphatic heterocycles. The van der Waals surface area contributed by atoms with Crippen molar-refractivity contribution in [1.82, 2.24) is 5.32 Å². The Kier molecular flexibility index (Phi) is 3.97. The second kappa shape index (κ2) is 6.23. The Bertz CT molecular complexity index is 969. The average molecular weight is 392 g/mol. The van der Waals surface area contributed by atoms with Crippen molar-refractivity contribution in [3.05, 3.63) is 53.6 Å². The van der Waals surface area contributed by atoms with E-state index in [-0.39, 0.29) is 11.4 Å². The number of fused-ring (bicyclic) bond motifs is 3. The lowest BCUT2D eigenvalue weighted by Gasteiger charge is -2.54. The predicted molar refractivity (Wildman–Crippen MR) is 116 cm³/mol. The van der Waals surface area contributed by atoms with Crippen LogP contribution in [-0.2, 0) is 11.3 Å². The molecule has 2 aromatic rings. The van der Waals surface area contributed by atoms with Gasteiger partial charge in [-0.3, -0.25) is 4.79 Å². The molecule has 2 aromatic carbocycles. The van der Waals surface area contributed by atoms with Gasteiger partial charge >= 0.3 is 0 Å². The SMILES string of the molecule is COc1ccc(CN2C(=O)C(C)(C)N3c4c(cccc42)[C@@H]2CNCC[C@@]23C)cc1. The van der Waals surface area contributed by atoms with E-state index in [1.807, 2.05) is 29.2 Å². The van der Waals surface area contributed by atoms with E-state index in [1.54, 1.807) is 7.11 Å². The molecule has 5 heteroatoms. The summed E-state index contributed by atoms with van der Waals surface area (Å²) in [5.74, 6) is 1.40. The summed E-state index contributed by atoms with van der Waals surface area (Å²) in [6.45, 7) is 9.04. The largest absolute Gasteiger partial charge is 0.497 e. The monoisotopic (exact) mass is 391 g/mol. The van der Waals surface area contributed by atoms with E-state index in [4.69, 9.17) is 4.74 Å². The molecule has 5 rings (SSSR count). The summed E-state index contributed by atoms with van der Waals surface area (Å²) in [6.07, 6.45) is 1.04. The number of carbonyl (C=O) groups is 1. The van der Waals surface area contributed by atoms with Gasteiger partial charge in [-0.1, -0.05) is 24.3 Å². The molecular formula is C24H29N3O2. The standard InChI is InChI=1S/C24H29N3O2/c1-23(2)22(28)26(15-16-8-10-17(29-4)11-9-16)20-7-5-6-18-19-14-25-13-12-24(19,3)27(23)21(18)20/h5-11,19,25H,12-15H2,1-4H3/t19-,24-/m0/s1. The van der Waals surface area contributed by atoms with Gasteiger partial charge in [0.1, 0.15) is 11.3 Å². The molecule has 0 spiro atoms. The number of ether oxygens (including phenoxy) is 1. The van der Waals surface area contributed by atoms with Crippen LogP contribution in [0.5, 0.6) is 5.75 Å². The number of carbonyl (C=O) groups excluding carboxylic acids is 1. The molecule has 1 N–H and O–H groups in total. The molecule has 0 aromatic heterocycles. The Morgan fingerprint density at radius 3 is 2.62 bits per heavy atom. The van der Waals surface area contributed by atoms with Gasteiger partial charge in [-0.25, -0.2) is 0 Å². The zero-order valence-corrected chi connectivity index (χ0v) is 17.7. The topological polar surface area (TPSA) is 44.8 Å². The van der Waals surface area contributed by atoms with Crippen molar-refractivity contribution in [3.63, 3.8) is 0 Å². The van der Waals surface area contributed by atoms with Crippen LogP contribution in [0.1, 0.15) is 44.2 Å². The number of anilines is 2. The lowest BCUT2D eigenvalue weighted by molar-refractivity contribution is -0.123. The van der Waals surface area contributed by atoms with E-state index in [0.717, 1.165) is 36.5 Å². The van der Waals surface area contributed by atoms with Gasteiger partial charge in [0.05, 0.1) is 25.0 Å². The quantitative estimate of drug-likeness (QED) is 0.867. The van der Waals surface area contributed by atoms with Gasteiger partial charge in [0.2, 0.25) is 0 Å². The van der Waals surface area contributed by atoms with Gasteiger partial charge in [0, 0.05) is 18.0 Å². The van der Waals surface area contributed by atoms with Crippen LogP contribution in [0.15, 0.2) is 42.5 Å². The Balaban J connectivity index is 1.63. The van der Waals surface area contributed by atoms with Crippen LogP contribution < -0.4 is 19.9 Å². The minimum Gasteiger partial charge on any atom is -0.497 e. The maximum atomic E-state index is 13.8. The number of para-hydroxylation sites is 1. The molecule has 0 saturated carbocycles. The highest BCUT2D eigenvalue weighted by Gasteiger charge is 2.59. The average Bonchev–Trinajstić information content (AvgIpc) is 3.00. The molecular weight excluding hydrogens is 362 g/mol. The van der Waals surface area contributed by atoms with Gasteiger partial charge in [0.25, 0.3) is 5.91 Å². The maximum Gasteiger partial charge on any atom is 0.252 e. The summed E-state index contributed by atoms with van der Waals surface area (Å²) in [6, 6.07) is 14.5. The van der Waals surface area contributed by atoms with Gasteiger partial charge in [-0.15, -0.1) is 0 Å². The summed E-state index contributed by atoms with van der Waals surface area (Å²) >= 11 is 0. The number of nitrogens with one attached hydrogen (secondary N) is 1. The van der Waals surface area contributed by atoms with E-state index < -0.39 is 5.54 Å². The van der Waals surface area contributed by atoms with E-state index in [2.05, 4.69) is 49.2 Å². The first-order chi connectivity index (χ1) is 13.9. The molecule has 1 saturated heterocycles. The Morgan fingerprint density at radius 1 is 1.14 bits per heavy atom. The molecule has 29 heavy (non-hydrogen) atoms. The predicted octanol–water partition coefficient (Wildman–Crippen LogP) is 3.68. The first-order valence-corrected chi connectivity index (χ1v) is 10.5. The van der Waals surface area contributed by atoms with E-state index in [9.17, 15) is 4.79 Å². The summed E-state index contributed by atoms with van der Waals surface area (Å²) in [5.41, 5.74) is 4.15. The van der Waals surface area contributed by atoms with Crippen LogP contribution in [0.4, 0.5) is 11.4 Å². The molecule has 2 atom stereocenters. The molecule has 3 heterocycles. The highest BCUT2D eigenvalue weighted by molar-refractivity contribution is 6.09. The van der Waals surface area contributed by atoms with Crippen LogP contribution in [-0.4, -0.2) is 37.2 Å². The molecule has 3 aliphatic rings. The fraction of sp³-hybridized carbons (Fsp3) is 0.458. The van der Waals surface area contributed by atoms with Crippen molar-refractivity contribution in [2.45, 2.75) is 50.7 Å². The van der Waals surface area contributed by atoms with E-state index in [0.29, 0.717) is 12.5 Å². The highest BCUT2D eigenvalue weighted by atomic mass is 16.5. The Morgan fingerprint density at radius 2 is 1.90 bits per heavy atom. The van der Waals surface area contributed by atoms with Crippen molar-refractivity contribution in [1.29, 1.82) is 0 Å². The molecule has 0 bridgehead atoms. The van der Waals surface area contributed by atoms with Crippen LogP contribution in [0, 0.1) is 0 Å².